The number of nitrogens with zero attached hydrogens (tertiary/aromatic N) is 1. The van der Waals surface area contributed by atoms with Crippen molar-refractivity contribution >= 4 is 35.1 Å². The van der Waals surface area contributed by atoms with Gasteiger partial charge in [-0.2, -0.15) is 0 Å². The summed E-state index contributed by atoms with van der Waals surface area (Å²) in [5.41, 5.74) is 3.84. The van der Waals surface area contributed by atoms with Gasteiger partial charge in [-0.1, -0.05) is 121 Å². The van der Waals surface area contributed by atoms with Gasteiger partial charge < -0.3 is 43.0 Å². The Morgan fingerprint density at radius 3 is 1.98 bits per heavy atom. The third-order valence-corrected chi connectivity index (χ3v) is 11.2. The van der Waals surface area contributed by atoms with Crippen molar-refractivity contribution in [3.63, 3.8) is 0 Å². The molecule has 0 saturated carbocycles. The van der Waals surface area contributed by atoms with E-state index in [0.29, 0.717) is 5.56 Å². The van der Waals surface area contributed by atoms with Gasteiger partial charge in [0.25, 0.3) is 5.91 Å². The van der Waals surface area contributed by atoms with E-state index < -0.39 is 78.5 Å². The van der Waals surface area contributed by atoms with Crippen molar-refractivity contribution in [2.75, 3.05) is 34.0 Å². The van der Waals surface area contributed by atoms with Crippen LogP contribution in [-0.4, -0.2) is 123 Å². The second-order valence-electron chi connectivity index (χ2n) is 16.0. The van der Waals surface area contributed by atoms with Crippen LogP contribution in [0.25, 0.3) is 5.57 Å². The Labute approximate surface area is 384 Å². The number of ether oxygens (including phenoxy) is 8. The Morgan fingerprint density at radius 1 is 0.788 bits per heavy atom. The van der Waals surface area contributed by atoms with Crippen LogP contribution in [0.2, 0.25) is 0 Å². The monoisotopic (exact) mass is 907 g/mol. The molecule has 15 heteroatoms. The predicted molar refractivity (Wildman–Crippen MR) is 239 cm³/mol. The highest BCUT2D eigenvalue weighted by Crippen LogP contribution is 2.31. The molecule has 2 aliphatic rings. The first-order chi connectivity index (χ1) is 32.0. The molecule has 0 aromatic heterocycles. The van der Waals surface area contributed by atoms with Crippen molar-refractivity contribution in [1.82, 2.24) is 4.90 Å². The summed E-state index contributed by atoms with van der Waals surface area (Å²) in [5, 5.41) is 10.4. The first kappa shape index (κ1) is 49.5. The van der Waals surface area contributed by atoms with Gasteiger partial charge in [-0.05, 0) is 48.1 Å². The lowest BCUT2D eigenvalue weighted by atomic mass is 9.94. The Balaban J connectivity index is 1.21. The largest absolute Gasteiger partial charge is 0.451 e. The molecule has 8 atom stereocenters. The third kappa shape index (κ3) is 13.1. The molecule has 2 saturated heterocycles. The van der Waals surface area contributed by atoms with Crippen LogP contribution in [0, 0.1) is 6.92 Å². The number of ketones is 2. The summed E-state index contributed by atoms with van der Waals surface area (Å²) in [6.45, 7) is 2.85. The molecule has 6 rings (SSSR count). The van der Waals surface area contributed by atoms with Gasteiger partial charge in [0.2, 0.25) is 0 Å². The van der Waals surface area contributed by atoms with Crippen molar-refractivity contribution in [1.29, 1.82) is 0 Å². The van der Waals surface area contributed by atoms with Crippen LogP contribution in [0.5, 0.6) is 0 Å². The van der Waals surface area contributed by atoms with E-state index in [0.717, 1.165) is 47.3 Å². The number of aliphatic hydroxyl groups excluding tert-OH is 1. The van der Waals surface area contributed by atoms with Crippen LogP contribution in [0.1, 0.15) is 47.6 Å². The van der Waals surface area contributed by atoms with Crippen molar-refractivity contribution < 1.29 is 67.0 Å². The molecule has 4 aromatic rings. The van der Waals surface area contributed by atoms with E-state index in [1.54, 1.807) is 18.2 Å². The van der Waals surface area contributed by atoms with Crippen LogP contribution in [-0.2, 0) is 76.7 Å². The van der Waals surface area contributed by atoms with E-state index in [1.807, 2.05) is 104 Å². The molecule has 15 nitrogen and oxygen atoms in total. The minimum Gasteiger partial charge on any atom is -0.451 e. The quantitative estimate of drug-likeness (QED) is 0.0539. The number of aryl methyl sites for hydroxylation is 1. The van der Waals surface area contributed by atoms with Gasteiger partial charge in [-0.3, -0.25) is 19.2 Å². The summed E-state index contributed by atoms with van der Waals surface area (Å²) in [4.78, 5) is 69.0. The number of carbonyl (C=O) groups excluding carboxylic acids is 5. The minimum absolute atomic E-state index is 0.00862. The highest BCUT2D eigenvalue weighted by atomic mass is 16.7. The summed E-state index contributed by atoms with van der Waals surface area (Å²) in [7, 11) is 2.61. The molecule has 0 radical (unpaired) electrons. The number of imide groups is 1. The molecule has 1 N–H and O–H groups in total. The average molecular weight is 908 g/mol. The van der Waals surface area contributed by atoms with Crippen LogP contribution >= 0.6 is 0 Å². The van der Waals surface area contributed by atoms with Gasteiger partial charge in [0.15, 0.2) is 30.1 Å². The molecular weight excluding hydrogens is 851 g/mol. The summed E-state index contributed by atoms with van der Waals surface area (Å²) in [5.74, 6) is -3.21. The van der Waals surface area contributed by atoms with Crippen molar-refractivity contribution in [3.05, 3.63) is 149 Å². The fourth-order valence-corrected chi connectivity index (χ4v) is 7.97. The van der Waals surface area contributed by atoms with Gasteiger partial charge in [0.1, 0.15) is 31.0 Å². The smallest absolute Gasteiger partial charge is 0.417 e. The number of esters is 1. The maximum atomic E-state index is 14.3. The minimum atomic E-state index is -1.87. The molecular formula is C51H57NO14. The zero-order valence-corrected chi connectivity index (χ0v) is 37.5. The number of aliphatic hydroxyl groups is 1. The zero-order valence-electron chi connectivity index (χ0n) is 37.5. The van der Waals surface area contributed by atoms with Gasteiger partial charge in [0, 0.05) is 39.7 Å². The fourth-order valence-electron chi connectivity index (χ4n) is 7.97. The zero-order chi connectivity index (χ0) is 47.0. The van der Waals surface area contributed by atoms with E-state index >= 15 is 0 Å². The molecule has 0 aliphatic carbocycles. The Hall–Kier alpha value is -5.91. The molecule has 350 valence electrons. The fraction of sp³-hybridized carbons (Fsp3) is 0.392. The molecule has 4 aromatic carbocycles. The summed E-state index contributed by atoms with van der Waals surface area (Å²) < 4.78 is 47.4. The third-order valence-electron chi connectivity index (χ3n) is 11.2. The average Bonchev–Trinajstić information content (AvgIpc) is 3.69. The van der Waals surface area contributed by atoms with Crippen LogP contribution in [0.4, 0.5) is 4.79 Å². The highest BCUT2D eigenvalue weighted by Gasteiger charge is 2.49. The molecule has 0 spiro atoms. The van der Waals surface area contributed by atoms with Gasteiger partial charge in [-0.25, -0.2) is 9.69 Å². The summed E-state index contributed by atoms with van der Waals surface area (Å²) >= 11 is 0. The van der Waals surface area contributed by atoms with E-state index in [-0.39, 0.29) is 57.9 Å². The number of amides is 2. The predicted octanol–water partition coefficient (Wildman–Crippen LogP) is 5.75. The van der Waals surface area contributed by atoms with Crippen LogP contribution in [0.3, 0.4) is 0 Å². The first-order valence-corrected chi connectivity index (χ1v) is 21.8. The molecule has 2 fully saturated rings. The second-order valence-corrected chi connectivity index (χ2v) is 16.0. The standard InChI is InChI=1S/C51H57NO14/c1-33-16-14-23-38(26-33)40(28-42(56)44(65-34(2)54)47(59-3)49(57)52-39(32-64-51(52)58)27-35-17-8-5-9-18-35)41(55)24-15-25-61-48-46(63-31-37-21-12-7-13-22-37)45(43(29-53)66-50(48)60-4)62-30-36-19-10-6-11-20-36/h5-14,16-23,26,28,39,43-48,50,53H,15,24-25,27,29-32H2,1-4H3. The molecule has 0 bridgehead atoms. The lowest BCUT2D eigenvalue weighted by Crippen LogP contribution is -2.61. The number of hydrogen-bond donors (Lipinski definition) is 1. The molecule has 66 heavy (non-hydrogen) atoms. The number of Topliss-reactive ketones (excluding diaryl/α,β-unsaturated/α-hetero) is 1. The van der Waals surface area contributed by atoms with Crippen molar-refractivity contribution in [2.45, 2.75) is 95.3 Å². The molecule has 8 unspecified atom stereocenters. The Bertz CT molecular complexity index is 2250. The van der Waals surface area contributed by atoms with Gasteiger partial charge >= 0.3 is 12.1 Å². The number of hydrogen-bond acceptors (Lipinski definition) is 14. The lowest BCUT2D eigenvalue weighted by Gasteiger charge is -2.45. The number of rotatable bonds is 23. The van der Waals surface area contributed by atoms with E-state index in [9.17, 15) is 29.1 Å². The van der Waals surface area contributed by atoms with Gasteiger partial charge in [0.05, 0.1) is 25.9 Å². The van der Waals surface area contributed by atoms with E-state index in [1.165, 1.54) is 7.11 Å². The van der Waals surface area contributed by atoms with Crippen molar-refractivity contribution in [2.24, 2.45) is 0 Å². The second kappa shape index (κ2) is 24.6. The molecule has 2 heterocycles. The number of allylic oxidation sites excluding steroid dienone is 1. The van der Waals surface area contributed by atoms with Crippen LogP contribution < -0.4 is 0 Å². The molecule has 2 amide bonds. The Kier molecular flexibility index (Phi) is 18.4. The van der Waals surface area contributed by atoms with E-state index in [2.05, 4.69) is 0 Å². The lowest BCUT2D eigenvalue weighted by molar-refractivity contribution is -0.319. The number of methoxy groups -OCH3 is 2. The van der Waals surface area contributed by atoms with Gasteiger partial charge in [-0.15, -0.1) is 0 Å². The SMILES string of the molecule is COC1OC(CO)C(OCc2ccccc2)C(OCc2ccccc2)C1OCCCC(=O)C(=CC(=O)C(OC(C)=O)C(OC)C(=O)N1C(=O)OCC1Cc1ccccc1)c1cccc(C)c1. The number of cyclic esters (lactones) is 1. The topological polar surface area (TPSA) is 183 Å². The van der Waals surface area contributed by atoms with Crippen LogP contribution in [0.15, 0.2) is 121 Å². The number of benzene rings is 4. The normalized spacial score (nSPS) is 21.7. The Morgan fingerprint density at radius 2 is 1.41 bits per heavy atom. The first-order valence-electron chi connectivity index (χ1n) is 21.8. The van der Waals surface area contributed by atoms with E-state index in [4.69, 9.17) is 37.9 Å². The number of carbonyl (C=O) groups is 5. The van der Waals surface area contributed by atoms with Crippen molar-refractivity contribution in [3.8, 4) is 0 Å². The summed E-state index contributed by atoms with van der Waals surface area (Å²) in [6, 6.07) is 34.5. The maximum Gasteiger partial charge on any atom is 0.417 e. The highest BCUT2D eigenvalue weighted by molar-refractivity contribution is 6.25. The molecule has 2 aliphatic heterocycles. The summed E-state index contributed by atoms with van der Waals surface area (Å²) in [6.07, 6.45) is -7.41. The maximum absolute atomic E-state index is 14.3.